The molecule has 2 aliphatic heterocycles. The first-order valence-electron chi connectivity index (χ1n) is 10.6. The SMILES string of the molecule is N#Cc1ccc(CN2C[C@@H]3C[C@H]2C(=O)N(Cc2ccccc2)c2ccccc2O3)cc1. The first-order valence-corrected chi connectivity index (χ1v) is 10.6. The molecular formula is C26H23N3O2. The first-order chi connectivity index (χ1) is 15.2. The maximum absolute atomic E-state index is 13.8. The summed E-state index contributed by atoms with van der Waals surface area (Å²) >= 11 is 0. The van der Waals surface area contributed by atoms with Crippen LogP contribution in [0.15, 0.2) is 78.9 Å². The average Bonchev–Trinajstić information content (AvgIpc) is 3.21. The number of rotatable bonds is 4. The lowest BCUT2D eigenvalue weighted by Gasteiger charge is -2.32. The number of ether oxygens (including phenoxy) is 1. The molecule has 3 aromatic rings. The first kappa shape index (κ1) is 19.3. The highest BCUT2D eigenvalue weighted by atomic mass is 16.5. The van der Waals surface area contributed by atoms with Gasteiger partial charge < -0.3 is 9.64 Å². The molecule has 1 fully saturated rings. The van der Waals surface area contributed by atoms with Gasteiger partial charge in [0.05, 0.1) is 29.9 Å². The van der Waals surface area contributed by atoms with Crippen molar-refractivity contribution in [2.24, 2.45) is 0 Å². The van der Waals surface area contributed by atoms with Crippen molar-refractivity contribution in [3.63, 3.8) is 0 Å². The number of carbonyl (C=O) groups is 1. The molecule has 31 heavy (non-hydrogen) atoms. The molecule has 1 amide bonds. The van der Waals surface area contributed by atoms with Crippen molar-refractivity contribution in [2.75, 3.05) is 11.4 Å². The Morgan fingerprint density at radius 1 is 0.903 bits per heavy atom. The Balaban J connectivity index is 1.46. The molecule has 2 heterocycles. The molecule has 3 aromatic carbocycles. The summed E-state index contributed by atoms with van der Waals surface area (Å²) in [6, 6.07) is 27.4. The number of carbonyl (C=O) groups excluding carboxylic acids is 1. The zero-order chi connectivity index (χ0) is 21.2. The fourth-order valence-electron chi connectivity index (χ4n) is 4.48. The Bertz CT molecular complexity index is 1120. The van der Waals surface area contributed by atoms with E-state index in [1.165, 1.54) is 0 Å². The van der Waals surface area contributed by atoms with Crippen molar-refractivity contribution in [3.8, 4) is 11.8 Å². The summed E-state index contributed by atoms with van der Waals surface area (Å²) in [6.07, 6.45) is 0.654. The maximum atomic E-state index is 13.8. The van der Waals surface area contributed by atoms with E-state index in [0.29, 0.717) is 31.6 Å². The molecule has 0 N–H and O–H groups in total. The van der Waals surface area contributed by atoms with Crippen LogP contribution in [0.1, 0.15) is 23.1 Å². The summed E-state index contributed by atoms with van der Waals surface area (Å²) in [6.45, 7) is 1.85. The van der Waals surface area contributed by atoms with Crippen LogP contribution in [0, 0.1) is 11.3 Å². The smallest absolute Gasteiger partial charge is 0.244 e. The van der Waals surface area contributed by atoms with Crippen LogP contribution in [0.3, 0.4) is 0 Å². The third kappa shape index (κ3) is 3.90. The minimum atomic E-state index is -0.238. The van der Waals surface area contributed by atoms with Crippen LogP contribution in [-0.2, 0) is 17.9 Å². The number of fused-ring (bicyclic) bond motifs is 3. The highest BCUT2D eigenvalue weighted by Gasteiger charge is 2.42. The van der Waals surface area contributed by atoms with Crippen LogP contribution in [0.5, 0.6) is 5.75 Å². The number of benzene rings is 3. The number of hydrogen-bond acceptors (Lipinski definition) is 4. The minimum Gasteiger partial charge on any atom is -0.487 e. The molecule has 5 nitrogen and oxygen atoms in total. The van der Waals surface area contributed by atoms with Crippen molar-refractivity contribution in [1.29, 1.82) is 5.26 Å². The second kappa shape index (κ2) is 8.25. The zero-order valence-corrected chi connectivity index (χ0v) is 17.1. The molecule has 0 aromatic heterocycles. The minimum absolute atomic E-state index is 0.0210. The van der Waals surface area contributed by atoms with E-state index in [9.17, 15) is 4.79 Å². The number of anilines is 1. The lowest BCUT2D eigenvalue weighted by molar-refractivity contribution is -0.123. The van der Waals surface area contributed by atoms with Crippen molar-refractivity contribution < 1.29 is 9.53 Å². The van der Waals surface area contributed by atoms with Gasteiger partial charge in [-0.3, -0.25) is 9.69 Å². The lowest BCUT2D eigenvalue weighted by atomic mass is 10.1. The van der Waals surface area contributed by atoms with Gasteiger partial charge >= 0.3 is 0 Å². The largest absolute Gasteiger partial charge is 0.487 e. The molecule has 0 unspecified atom stereocenters. The highest BCUT2D eigenvalue weighted by molar-refractivity contribution is 5.99. The van der Waals surface area contributed by atoms with Crippen LogP contribution in [-0.4, -0.2) is 29.5 Å². The Kier molecular flexibility index (Phi) is 5.15. The Hall–Kier alpha value is -3.62. The molecule has 0 radical (unpaired) electrons. The molecule has 0 aliphatic carbocycles. The van der Waals surface area contributed by atoms with Crippen LogP contribution in [0.25, 0.3) is 0 Å². The van der Waals surface area contributed by atoms with Crippen LogP contribution >= 0.6 is 0 Å². The Labute approximate surface area is 182 Å². The van der Waals surface area contributed by atoms with Crippen molar-refractivity contribution in [2.45, 2.75) is 31.7 Å². The predicted octanol–water partition coefficient (Wildman–Crippen LogP) is 4.13. The molecular weight excluding hydrogens is 386 g/mol. The lowest BCUT2D eigenvalue weighted by Crippen LogP contribution is -2.45. The zero-order valence-electron chi connectivity index (χ0n) is 17.1. The number of amides is 1. The number of hydrogen-bond donors (Lipinski definition) is 0. The van der Waals surface area contributed by atoms with Crippen LogP contribution in [0.2, 0.25) is 0 Å². The van der Waals surface area contributed by atoms with E-state index in [-0.39, 0.29) is 18.1 Å². The van der Waals surface area contributed by atoms with Gasteiger partial charge in [-0.1, -0.05) is 54.6 Å². The van der Waals surface area contributed by atoms with Crippen molar-refractivity contribution in [3.05, 3.63) is 95.6 Å². The van der Waals surface area contributed by atoms with Gasteiger partial charge in [0.25, 0.3) is 0 Å². The topological polar surface area (TPSA) is 56.6 Å². The standard InChI is InChI=1S/C26H23N3O2/c27-15-19-10-12-21(13-11-19)16-28-18-22-14-24(28)26(30)29(17-20-6-2-1-3-7-20)23-8-4-5-9-25(23)31-22/h1-13,22,24H,14,16-18H2/t22-,24-/m0/s1. The predicted molar refractivity (Wildman–Crippen MR) is 118 cm³/mol. The van der Waals surface area contributed by atoms with E-state index in [0.717, 1.165) is 22.6 Å². The van der Waals surface area contributed by atoms with Gasteiger partial charge in [-0.25, -0.2) is 0 Å². The fourth-order valence-corrected chi connectivity index (χ4v) is 4.48. The van der Waals surface area contributed by atoms with E-state index in [4.69, 9.17) is 10.00 Å². The van der Waals surface area contributed by atoms with Gasteiger partial charge in [-0.15, -0.1) is 0 Å². The quantitative estimate of drug-likeness (QED) is 0.650. The van der Waals surface area contributed by atoms with Crippen molar-refractivity contribution >= 4 is 11.6 Å². The molecule has 2 bridgehead atoms. The molecule has 0 spiro atoms. The molecule has 1 saturated heterocycles. The van der Waals surface area contributed by atoms with E-state index in [1.54, 1.807) is 0 Å². The van der Waals surface area contributed by atoms with E-state index >= 15 is 0 Å². The molecule has 5 heteroatoms. The third-order valence-corrected chi connectivity index (χ3v) is 6.02. The molecule has 2 aliphatic rings. The summed E-state index contributed by atoms with van der Waals surface area (Å²) in [5.41, 5.74) is 3.64. The molecule has 5 rings (SSSR count). The summed E-state index contributed by atoms with van der Waals surface area (Å²) < 4.78 is 6.37. The number of para-hydroxylation sites is 2. The second-order valence-corrected chi connectivity index (χ2v) is 8.11. The fraction of sp³-hybridized carbons (Fsp3) is 0.231. The van der Waals surface area contributed by atoms with Gasteiger partial charge in [0.2, 0.25) is 5.91 Å². The molecule has 0 saturated carbocycles. The maximum Gasteiger partial charge on any atom is 0.244 e. The van der Waals surface area contributed by atoms with Gasteiger partial charge in [0, 0.05) is 19.5 Å². The summed E-state index contributed by atoms with van der Waals surface area (Å²) in [5, 5.41) is 9.04. The van der Waals surface area contributed by atoms with E-state index < -0.39 is 0 Å². The van der Waals surface area contributed by atoms with Gasteiger partial charge in [-0.05, 0) is 35.4 Å². The number of nitrogens with zero attached hydrogens (tertiary/aromatic N) is 3. The number of nitriles is 1. The van der Waals surface area contributed by atoms with E-state index in [1.807, 2.05) is 83.8 Å². The summed E-state index contributed by atoms with van der Waals surface area (Å²) in [5.74, 6) is 0.867. The normalized spacial score (nSPS) is 20.4. The summed E-state index contributed by atoms with van der Waals surface area (Å²) in [7, 11) is 0. The Morgan fingerprint density at radius 2 is 1.61 bits per heavy atom. The van der Waals surface area contributed by atoms with Crippen LogP contribution < -0.4 is 9.64 Å². The van der Waals surface area contributed by atoms with Gasteiger partial charge in [0.15, 0.2) is 0 Å². The Morgan fingerprint density at radius 3 is 2.39 bits per heavy atom. The van der Waals surface area contributed by atoms with E-state index in [2.05, 4.69) is 11.0 Å². The highest BCUT2D eigenvalue weighted by Crippen LogP contribution is 2.37. The summed E-state index contributed by atoms with van der Waals surface area (Å²) in [4.78, 5) is 17.9. The average molecular weight is 409 g/mol. The number of likely N-dealkylation sites (tertiary alicyclic amines) is 1. The third-order valence-electron chi connectivity index (χ3n) is 6.02. The van der Waals surface area contributed by atoms with Crippen LogP contribution in [0.4, 0.5) is 5.69 Å². The monoisotopic (exact) mass is 409 g/mol. The second-order valence-electron chi connectivity index (χ2n) is 8.11. The van der Waals surface area contributed by atoms with Gasteiger partial charge in [0.1, 0.15) is 11.9 Å². The molecule has 154 valence electrons. The van der Waals surface area contributed by atoms with Crippen molar-refractivity contribution in [1.82, 2.24) is 4.90 Å². The molecule has 2 atom stereocenters. The van der Waals surface area contributed by atoms with Gasteiger partial charge in [-0.2, -0.15) is 5.26 Å².